The third-order valence-electron chi connectivity index (χ3n) is 5.69. The lowest BCUT2D eigenvalue weighted by Crippen LogP contribution is -2.24. The number of hydrogen-bond acceptors (Lipinski definition) is 8. The van der Waals surface area contributed by atoms with E-state index in [9.17, 15) is 0 Å². The molecule has 4 aromatic rings. The van der Waals surface area contributed by atoms with E-state index in [-0.39, 0.29) is 0 Å². The first-order valence-corrected chi connectivity index (χ1v) is 10.3. The Morgan fingerprint density at radius 1 is 1.03 bits per heavy atom. The summed E-state index contributed by atoms with van der Waals surface area (Å²) in [5.74, 6) is 1.31. The highest BCUT2D eigenvalue weighted by molar-refractivity contribution is 5.93. The second-order valence-electron chi connectivity index (χ2n) is 8.07. The van der Waals surface area contributed by atoms with E-state index in [1.165, 1.54) is 5.56 Å². The molecule has 31 heavy (non-hydrogen) atoms. The fourth-order valence-corrected chi connectivity index (χ4v) is 3.90. The van der Waals surface area contributed by atoms with Crippen molar-refractivity contribution in [2.75, 3.05) is 17.7 Å². The fourth-order valence-electron chi connectivity index (χ4n) is 3.90. The minimum Gasteiger partial charge on any atom is -0.371 e. The molecule has 0 amide bonds. The first-order chi connectivity index (χ1) is 15.0. The molecule has 0 aromatic carbocycles. The molecule has 2 N–H and O–H groups in total. The van der Waals surface area contributed by atoms with Crippen molar-refractivity contribution in [3.63, 3.8) is 0 Å². The second-order valence-corrected chi connectivity index (χ2v) is 8.07. The molecule has 0 unspecified atom stereocenters. The summed E-state index contributed by atoms with van der Waals surface area (Å²) in [6, 6.07) is 2.65. The number of anilines is 3. The average molecular weight is 416 g/mol. The molecule has 1 aliphatic rings. The molecule has 0 atom stereocenters. The van der Waals surface area contributed by atoms with Crippen molar-refractivity contribution >= 4 is 28.4 Å². The van der Waals surface area contributed by atoms with E-state index in [0.29, 0.717) is 23.4 Å². The van der Waals surface area contributed by atoms with Gasteiger partial charge in [-0.25, -0.2) is 15.0 Å². The largest absolute Gasteiger partial charge is 0.371 e. The van der Waals surface area contributed by atoms with Crippen molar-refractivity contribution in [3.8, 4) is 11.3 Å². The maximum atomic E-state index is 4.73. The molecule has 0 aliphatic carbocycles. The first-order valence-electron chi connectivity index (χ1n) is 10.3. The summed E-state index contributed by atoms with van der Waals surface area (Å²) in [6.45, 7) is 6.24. The van der Waals surface area contributed by atoms with Crippen LogP contribution in [0.2, 0.25) is 0 Å². The van der Waals surface area contributed by atoms with Crippen LogP contribution in [0.3, 0.4) is 0 Å². The van der Waals surface area contributed by atoms with Crippen LogP contribution in [-0.2, 0) is 20.1 Å². The minimum atomic E-state index is 0.500. The molecule has 0 fully saturated rings. The number of fused-ring (bicyclic) bond motifs is 2. The number of imidazole rings is 1. The molecule has 0 saturated carbocycles. The summed E-state index contributed by atoms with van der Waals surface area (Å²) >= 11 is 0. The minimum absolute atomic E-state index is 0.500. The number of aryl methyl sites for hydroxylation is 1. The molecule has 1 aliphatic heterocycles. The normalized spacial score (nSPS) is 13.7. The Balaban J connectivity index is 1.44. The molecule has 5 rings (SSSR count). The Morgan fingerprint density at radius 3 is 2.71 bits per heavy atom. The van der Waals surface area contributed by atoms with Gasteiger partial charge >= 0.3 is 0 Å². The second kappa shape index (κ2) is 7.59. The lowest BCUT2D eigenvalue weighted by Gasteiger charge is -2.18. The van der Waals surface area contributed by atoms with Crippen molar-refractivity contribution in [3.05, 3.63) is 48.4 Å². The van der Waals surface area contributed by atoms with Crippen LogP contribution in [-0.4, -0.2) is 47.5 Å². The molecule has 0 bridgehead atoms. The van der Waals surface area contributed by atoms with Crippen LogP contribution in [0.25, 0.3) is 22.3 Å². The van der Waals surface area contributed by atoms with E-state index in [2.05, 4.69) is 55.4 Å². The third kappa shape index (κ3) is 3.46. The molecule has 9 nitrogen and oxygen atoms in total. The first kappa shape index (κ1) is 19.4. The van der Waals surface area contributed by atoms with Gasteiger partial charge in [-0.15, -0.1) is 0 Å². The summed E-state index contributed by atoms with van der Waals surface area (Å²) in [5, 5.41) is 6.50. The van der Waals surface area contributed by atoms with Crippen LogP contribution >= 0.6 is 0 Å². The fraction of sp³-hybridized carbons (Fsp3) is 0.318. The van der Waals surface area contributed by atoms with Gasteiger partial charge < -0.3 is 15.2 Å². The van der Waals surface area contributed by atoms with Gasteiger partial charge in [-0.2, -0.15) is 0 Å². The van der Waals surface area contributed by atoms with Gasteiger partial charge in [0.15, 0.2) is 11.6 Å². The summed E-state index contributed by atoms with van der Waals surface area (Å²) in [6.07, 6.45) is 8.94. The van der Waals surface area contributed by atoms with E-state index in [1.54, 1.807) is 24.9 Å². The molecule has 158 valence electrons. The van der Waals surface area contributed by atoms with Crippen LogP contribution in [0, 0.1) is 0 Å². The van der Waals surface area contributed by atoms with Gasteiger partial charge in [-0.05, 0) is 25.5 Å². The number of hydrogen-bond donors (Lipinski definition) is 2. The van der Waals surface area contributed by atoms with E-state index in [4.69, 9.17) is 4.98 Å². The highest BCUT2D eigenvalue weighted by Crippen LogP contribution is 2.31. The Kier molecular flexibility index (Phi) is 4.74. The predicted octanol–water partition coefficient (Wildman–Crippen LogP) is 3.33. The predicted molar refractivity (Wildman–Crippen MR) is 121 cm³/mol. The van der Waals surface area contributed by atoms with Gasteiger partial charge in [0, 0.05) is 39.4 Å². The van der Waals surface area contributed by atoms with Crippen LogP contribution in [0.1, 0.15) is 25.1 Å². The highest BCUT2D eigenvalue weighted by atomic mass is 15.2. The standard InChI is InChI=1S/C22H25N9/c1-13(2)31-10-14-5-15(6-25-17(14)11-31)28-19-9-26-21(22(23-3)29-19)16-7-24-8-18-20(16)27-12-30(18)4/h5-9,12-13H,10-11H2,1-4H3,(H2,23,28,29). The van der Waals surface area contributed by atoms with Crippen molar-refractivity contribution < 1.29 is 0 Å². The summed E-state index contributed by atoms with van der Waals surface area (Å²) in [4.78, 5) is 25.3. The zero-order valence-corrected chi connectivity index (χ0v) is 18.1. The third-order valence-corrected chi connectivity index (χ3v) is 5.69. The Bertz CT molecular complexity index is 1260. The van der Waals surface area contributed by atoms with Crippen molar-refractivity contribution in [2.24, 2.45) is 7.05 Å². The SMILES string of the molecule is CNc1nc(Nc2cnc3c(c2)CN(C(C)C)C3)cnc1-c1cncc2c1ncn2C. The van der Waals surface area contributed by atoms with Crippen LogP contribution in [0.4, 0.5) is 17.3 Å². The highest BCUT2D eigenvalue weighted by Gasteiger charge is 2.22. The van der Waals surface area contributed by atoms with Crippen LogP contribution < -0.4 is 10.6 Å². The van der Waals surface area contributed by atoms with Crippen LogP contribution in [0.15, 0.2) is 37.2 Å². The van der Waals surface area contributed by atoms with Crippen LogP contribution in [0.5, 0.6) is 0 Å². The van der Waals surface area contributed by atoms with E-state index in [0.717, 1.165) is 41.1 Å². The smallest absolute Gasteiger partial charge is 0.154 e. The number of nitrogens with zero attached hydrogens (tertiary/aromatic N) is 7. The van der Waals surface area contributed by atoms with Gasteiger partial charge in [0.05, 0.1) is 47.4 Å². The summed E-state index contributed by atoms with van der Waals surface area (Å²) in [7, 11) is 3.78. The summed E-state index contributed by atoms with van der Waals surface area (Å²) in [5.41, 5.74) is 6.66. The van der Waals surface area contributed by atoms with Gasteiger partial charge in [-0.3, -0.25) is 14.9 Å². The van der Waals surface area contributed by atoms with Gasteiger partial charge in [0.2, 0.25) is 0 Å². The van der Waals surface area contributed by atoms with E-state index >= 15 is 0 Å². The number of aromatic nitrogens is 6. The monoisotopic (exact) mass is 415 g/mol. The Morgan fingerprint density at radius 2 is 1.90 bits per heavy atom. The molecule has 0 spiro atoms. The summed E-state index contributed by atoms with van der Waals surface area (Å²) < 4.78 is 1.94. The Labute approximate surface area is 180 Å². The van der Waals surface area contributed by atoms with Crippen molar-refractivity contribution in [1.29, 1.82) is 0 Å². The van der Waals surface area contributed by atoms with E-state index in [1.807, 2.05) is 24.9 Å². The Hall–Kier alpha value is -3.59. The topological polar surface area (TPSA) is 96.7 Å². The number of pyridine rings is 2. The van der Waals surface area contributed by atoms with Gasteiger partial charge in [-0.1, -0.05) is 0 Å². The van der Waals surface area contributed by atoms with Gasteiger partial charge in [0.25, 0.3) is 0 Å². The molecule has 5 heterocycles. The average Bonchev–Trinajstić information content (AvgIpc) is 3.37. The number of nitrogens with one attached hydrogen (secondary N) is 2. The molecule has 0 saturated heterocycles. The van der Waals surface area contributed by atoms with Crippen molar-refractivity contribution in [1.82, 2.24) is 34.4 Å². The maximum Gasteiger partial charge on any atom is 0.154 e. The zero-order valence-electron chi connectivity index (χ0n) is 18.1. The quantitative estimate of drug-likeness (QED) is 0.512. The maximum absolute atomic E-state index is 4.73. The van der Waals surface area contributed by atoms with E-state index < -0.39 is 0 Å². The van der Waals surface area contributed by atoms with Gasteiger partial charge in [0.1, 0.15) is 11.2 Å². The molecule has 0 radical (unpaired) electrons. The molecule has 4 aromatic heterocycles. The molecule has 9 heteroatoms. The van der Waals surface area contributed by atoms with Crippen molar-refractivity contribution in [2.45, 2.75) is 33.0 Å². The lowest BCUT2D eigenvalue weighted by molar-refractivity contribution is 0.226. The molecular weight excluding hydrogens is 390 g/mol. The zero-order chi connectivity index (χ0) is 21.5. The number of rotatable bonds is 5. The lowest BCUT2D eigenvalue weighted by atomic mass is 10.1. The molecular formula is C22H25N9.